The molecular weight excluding hydrogens is 496 g/mol. The molecule has 6 rings (SSSR count). The number of anilines is 1. The Bertz CT molecular complexity index is 1290. The summed E-state index contributed by atoms with van der Waals surface area (Å²) in [5, 5.41) is 13.1. The van der Waals surface area contributed by atoms with E-state index in [2.05, 4.69) is 66.1 Å². The smallest absolute Gasteiger partial charge is 0.151 e. The van der Waals surface area contributed by atoms with Crippen LogP contribution in [0.3, 0.4) is 0 Å². The number of hydrogen-bond acceptors (Lipinski definition) is 5. The fraction of sp³-hybridized carbons (Fsp3) is 0.629. The van der Waals surface area contributed by atoms with Crippen molar-refractivity contribution < 1.29 is 9.90 Å². The number of fused-ring (bicyclic) bond motifs is 4. The number of Topliss-reactive ketones (excluding diaryl/α,β-unsaturated/α-hetero) is 1. The van der Waals surface area contributed by atoms with Gasteiger partial charge in [-0.25, -0.2) is 0 Å². The van der Waals surface area contributed by atoms with Gasteiger partial charge in [0.25, 0.3) is 0 Å². The van der Waals surface area contributed by atoms with Crippen LogP contribution < -0.4 is 4.90 Å². The highest BCUT2D eigenvalue weighted by Crippen LogP contribution is 2.70. The lowest BCUT2D eigenvalue weighted by atomic mass is 9.47. The minimum atomic E-state index is -0.711. The molecule has 40 heavy (non-hydrogen) atoms. The first kappa shape index (κ1) is 27.5. The molecule has 1 saturated heterocycles. The zero-order valence-corrected chi connectivity index (χ0v) is 24.4. The van der Waals surface area contributed by atoms with Crippen molar-refractivity contribution in [1.82, 2.24) is 0 Å². The third kappa shape index (κ3) is 4.13. The van der Waals surface area contributed by atoms with Crippen LogP contribution in [-0.4, -0.2) is 36.6 Å². The Morgan fingerprint density at radius 3 is 2.60 bits per heavy atom. The topological polar surface area (TPSA) is 70.0 Å². The van der Waals surface area contributed by atoms with Crippen LogP contribution in [0.25, 0.3) is 0 Å². The fourth-order valence-corrected chi connectivity index (χ4v) is 9.60. The van der Waals surface area contributed by atoms with E-state index >= 15 is 0 Å². The summed E-state index contributed by atoms with van der Waals surface area (Å²) >= 11 is 0. The third-order valence-corrected chi connectivity index (χ3v) is 11.5. The van der Waals surface area contributed by atoms with E-state index in [0.717, 1.165) is 51.6 Å². The average Bonchev–Trinajstić information content (AvgIpc) is 3.62. The number of aliphatic hydroxyl groups excluding tert-OH is 1. The Kier molecular flexibility index (Phi) is 7.28. The van der Waals surface area contributed by atoms with Crippen molar-refractivity contribution in [3.8, 4) is 11.8 Å². The minimum absolute atomic E-state index is 0.212. The van der Waals surface area contributed by atoms with Crippen molar-refractivity contribution in [2.75, 3.05) is 24.6 Å². The molecule has 0 aromatic heterocycles. The number of carbonyl (C=O) groups is 1. The summed E-state index contributed by atoms with van der Waals surface area (Å²) in [7, 11) is 0. The maximum Gasteiger partial charge on any atom is 0.151 e. The molecule has 1 aromatic rings. The van der Waals surface area contributed by atoms with Gasteiger partial charge in [0.15, 0.2) is 5.78 Å². The molecule has 5 aliphatic rings. The number of benzene rings is 1. The Labute approximate surface area is 239 Å². The summed E-state index contributed by atoms with van der Waals surface area (Å²) < 4.78 is 0. The number of ketones is 1. The van der Waals surface area contributed by atoms with E-state index in [1.165, 1.54) is 35.2 Å². The minimum Gasteiger partial charge on any atom is -0.384 e. The standard InChI is InChI=1S/C35H44N2O3/c1-4-32(39)35(15-7-19-38)16-14-31-29-20-23(2)28-21-25(36-40)10-13-27(28)33(29)30(22-34(31,35)3)24-8-11-26(12-9-24)37-17-5-6-18-37/h8-9,11-12,21,23,25,29-31,38H,4-6,10,13-14,16-20,22H2,1-3H3/t23?,25?,29-,30?,31-,34-,35+/m0/s1. The van der Waals surface area contributed by atoms with Crippen LogP contribution in [-0.2, 0) is 4.79 Å². The first-order valence-electron chi connectivity index (χ1n) is 15.6. The van der Waals surface area contributed by atoms with Crippen LogP contribution in [0.2, 0.25) is 0 Å². The van der Waals surface area contributed by atoms with Crippen molar-refractivity contribution >= 4 is 11.5 Å². The molecule has 1 aliphatic heterocycles. The third-order valence-electron chi connectivity index (χ3n) is 11.5. The highest BCUT2D eigenvalue weighted by Gasteiger charge is 2.65. The second kappa shape index (κ2) is 10.6. The van der Waals surface area contributed by atoms with Gasteiger partial charge in [-0.15, -0.1) is 0 Å². The Morgan fingerprint density at radius 2 is 1.93 bits per heavy atom. The highest BCUT2D eigenvalue weighted by atomic mass is 16.3. The van der Waals surface area contributed by atoms with Gasteiger partial charge < -0.3 is 10.0 Å². The molecule has 0 radical (unpaired) electrons. The highest BCUT2D eigenvalue weighted by molar-refractivity contribution is 5.89. The summed E-state index contributed by atoms with van der Waals surface area (Å²) in [6.45, 7) is 8.67. The zero-order chi connectivity index (χ0) is 28.1. The maximum absolute atomic E-state index is 13.8. The van der Waals surface area contributed by atoms with Crippen LogP contribution in [0.15, 0.2) is 52.2 Å². The van der Waals surface area contributed by atoms with Crippen molar-refractivity contribution in [3.63, 3.8) is 0 Å². The second-order valence-electron chi connectivity index (χ2n) is 13.3. The van der Waals surface area contributed by atoms with Crippen LogP contribution in [0.4, 0.5) is 5.69 Å². The van der Waals surface area contributed by atoms with Crippen LogP contribution in [0.5, 0.6) is 0 Å². The molecule has 5 heteroatoms. The first-order valence-corrected chi connectivity index (χ1v) is 15.6. The summed E-state index contributed by atoms with van der Waals surface area (Å²) in [5.41, 5.74) is 6.05. The quantitative estimate of drug-likeness (QED) is 0.324. The monoisotopic (exact) mass is 540 g/mol. The SMILES string of the molecule is CCC(=O)[C@@]1(C#CCO)CC[C@H]2[C@@H]3CC(C)C4=CC(N=O)CCC4=C3C(c3ccc(N4CCCC4)cc3)C[C@@]21C. The van der Waals surface area contributed by atoms with Crippen LogP contribution in [0.1, 0.15) is 90.0 Å². The van der Waals surface area contributed by atoms with Gasteiger partial charge in [0.1, 0.15) is 12.6 Å². The van der Waals surface area contributed by atoms with Crippen molar-refractivity contribution in [3.05, 3.63) is 57.5 Å². The lowest BCUT2D eigenvalue weighted by molar-refractivity contribution is -0.132. The van der Waals surface area contributed by atoms with Gasteiger partial charge in [0.2, 0.25) is 0 Å². The molecule has 4 aliphatic carbocycles. The molecule has 1 aromatic carbocycles. The van der Waals surface area contributed by atoms with Gasteiger partial charge in [-0.1, -0.05) is 61.6 Å². The molecule has 1 N–H and O–H groups in total. The molecular formula is C35H44N2O3. The van der Waals surface area contributed by atoms with Gasteiger partial charge in [-0.3, -0.25) is 4.79 Å². The molecule has 3 fully saturated rings. The number of rotatable bonds is 5. The predicted molar refractivity (Wildman–Crippen MR) is 160 cm³/mol. The van der Waals surface area contributed by atoms with E-state index in [-0.39, 0.29) is 29.8 Å². The lowest BCUT2D eigenvalue weighted by Gasteiger charge is -2.55. The fourth-order valence-electron chi connectivity index (χ4n) is 9.60. The number of allylic oxidation sites excluding steroid dienone is 3. The van der Waals surface area contributed by atoms with Gasteiger partial charge >= 0.3 is 0 Å². The molecule has 1 heterocycles. The number of aliphatic hydroxyl groups is 1. The number of carbonyl (C=O) groups excluding carboxylic acids is 1. The van der Waals surface area contributed by atoms with Gasteiger partial charge in [-0.2, -0.15) is 4.91 Å². The van der Waals surface area contributed by atoms with Gasteiger partial charge in [-0.05, 0) is 103 Å². The summed E-state index contributed by atoms with van der Waals surface area (Å²) in [6, 6.07) is 9.06. The number of nitrogens with zero attached hydrogens (tertiary/aromatic N) is 2. The first-order chi connectivity index (χ1) is 19.4. The van der Waals surface area contributed by atoms with E-state index < -0.39 is 5.41 Å². The number of nitroso groups, excluding NO2 is 1. The van der Waals surface area contributed by atoms with Crippen molar-refractivity contribution in [1.29, 1.82) is 0 Å². The lowest BCUT2D eigenvalue weighted by Crippen LogP contribution is -2.51. The summed E-state index contributed by atoms with van der Waals surface area (Å²) in [4.78, 5) is 27.8. The number of hydrogen-bond donors (Lipinski definition) is 1. The molecule has 3 unspecified atom stereocenters. The van der Waals surface area contributed by atoms with Crippen molar-refractivity contribution in [2.45, 2.75) is 90.5 Å². The molecule has 212 valence electrons. The van der Waals surface area contributed by atoms with E-state index in [1.807, 2.05) is 6.92 Å². The molecule has 0 spiro atoms. The predicted octanol–water partition coefficient (Wildman–Crippen LogP) is 6.96. The van der Waals surface area contributed by atoms with E-state index in [4.69, 9.17) is 0 Å². The maximum atomic E-state index is 13.8. The molecule has 5 nitrogen and oxygen atoms in total. The second-order valence-corrected chi connectivity index (χ2v) is 13.3. The van der Waals surface area contributed by atoms with Crippen LogP contribution >= 0.6 is 0 Å². The zero-order valence-electron chi connectivity index (χ0n) is 24.4. The molecule has 2 saturated carbocycles. The van der Waals surface area contributed by atoms with E-state index in [9.17, 15) is 14.8 Å². The Balaban J connectivity index is 1.51. The van der Waals surface area contributed by atoms with Gasteiger partial charge in [0.05, 0.1) is 5.41 Å². The molecule has 0 bridgehead atoms. The Morgan fingerprint density at radius 1 is 1.18 bits per heavy atom. The van der Waals surface area contributed by atoms with E-state index in [1.54, 1.807) is 5.57 Å². The summed E-state index contributed by atoms with van der Waals surface area (Å²) in [5.74, 6) is 7.94. The summed E-state index contributed by atoms with van der Waals surface area (Å²) in [6.07, 6.45) is 10.6. The Hall–Kier alpha value is -2.71. The average molecular weight is 541 g/mol. The largest absolute Gasteiger partial charge is 0.384 e. The van der Waals surface area contributed by atoms with Crippen molar-refractivity contribution in [2.24, 2.45) is 33.8 Å². The van der Waals surface area contributed by atoms with E-state index in [0.29, 0.717) is 24.2 Å². The molecule has 0 amide bonds. The van der Waals surface area contributed by atoms with Gasteiger partial charge in [0, 0.05) is 31.1 Å². The van der Waals surface area contributed by atoms with Crippen LogP contribution in [0, 0.1) is 45.3 Å². The molecule has 7 atom stereocenters. The normalized spacial score (nSPS) is 36.6.